The van der Waals surface area contributed by atoms with Crippen LogP contribution in [0.2, 0.25) is 0 Å². The lowest BCUT2D eigenvalue weighted by molar-refractivity contribution is -0.138. The largest absolute Gasteiger partial charge is 0.387 e. The summed E-state index contributed by atoms with van der Waals surface area (Å²) in [5, 5.41) is 29.7. The van der Waals surface area contributed by atoms with Gasteiger partial charge >= 0.3 is 0 Å². The second-order valence-corrected chi connectivity index (χ2v) is 9.82. The molecule has 0 spiro atoms. The Morgan fingerprint density at radius 3 is 2.58 bits per heavy atom. The number of aliphatic hydroxyl groups is 2. The second-order valence-electron chi connectivity index (χ2n) is 9.82. The molecule has 2 fully saturated rings. The van der Waals surface area contributed by atoms with Crippen LogP contribution >= 0.6 is 0 Å². The van der Waals surface area contributed by atoms with Crippen LogP contribution in [0.4, 0.5) is 11.5 Å². The van der Waals surface area contributed by atoms with Gasteiger partial charge in [0.25, 0.3) is 5.91 Å². The van der Waals surface area contributed by atoms with Gasteiger partial charge in [-0.3, -0.25) is 9.48 Å². The highest BCUT2D eigenvalue weighted by Crippen LogP contribution is 2.38. The zero-order valence-electron chi connectivity index (χ0n) is 20.9. The Labute approximate surface area is 218 Å². The summed E-state index contributed by atoms with van der Waals surface area (Å²) >= 11 is 0. The van der Waals surface area contributed by atoms with Crippen molar-refractivity contribution in [2.45, 2.75) is 43.4 Å². The summed E-state index contributed by atoms with van der Waals surface area (Å²) in [6.07, 6.45) is 1.27. The van der Waals surface area contributed by atoms with Crippen LogP contribution in [-0.2, 0) is 16.6 Å². The number of carbonyl (C=O) groups is 1. The number of fused-ring (bicyclic) bond motifs is 1. The third-order valence-corrected chi connectivity index (χ3v) is 7.36. The number of aliphatic hydroxyl groups excluding tert-OH is 2. The Morgan fingerprint density at radius 1 is 1.11 bits per heavy atom. The molecule has 0 saturated carbocycles. The van der Waals surface area contributed by atoms with Crippen molar-refractivity contribution in [2.24, 2.45) is 7.05 Å². The number of nitrogen functional groups attached to an aromatic ring is 1. The quantitative estimate of drug-likeness (QED) is 0.300. The molecule has 38 heavy (non-hydrogen) atoms. The number of nitrogens with zero attached hydrogens (tertiary/aromatic N) is 6. The molecule has 4 atom stereocenters. The van der Waals surface area contributed by atoms with Crippen molar-refractivity contribution in [3.63, 3.8) is 0 Å². The number of hydrogen-bond acceptors (Lipinski definition) is 9. The molecule has 1 amide bonds. The zero-order valence-corrected chi connectivity index (χ0v) is 20.9. The molecule has 198 valence electrons. The number of rotatable bonds is 5. The van der Waals surface area contributed by atoms with Crippen molar-refractivity contribution < 1.29 is 19.7 Å². The van der Waals surface area contributed by atoms with Gasteiger partial charge in [-0.1, -0.05) is 18.2 Å². The number of nitrogens with two attached hydrogens (primary N) is 1. The predicted molar refractivity (Wildman–Crippen MR) is 140 cm³/mol. The van der Waals surface area contributed by atoms with E-state index < -0.39 is 30.4 Å². The molecule has 2 aliphatic rings. The Balaban J connectivity index is 1.19. The van der Waals surface area contributed by atoms with Gasteiger partial charge in [0.15, 0.2) is 12.3 Å². The van der Waals surface area contributed by atoms with Crippen molar-refractivity contribution in [1.82, 2.24) is 29.6 Å². The van der Waals surface area contributed by atoms with Crippen molar-refractivity contribution in [3.8, 4) is 11.3 Å². The number of carbonyl (C=O) groups excluding carboxylic acids is 1. The third kappa shape index (κ3) is 4.26. The number of aromatic nitrogens is 5. The number of benzene rings is 1. The van der Waals surface area contributed by atoms with Crippen LogP contribution in [0, 0.1) is 0 Å². The van der Waals surface area contributed by atoms with Gasteiger partial charge in [-0.05, 0) is 31.0 Å². The highest BCUT2D eigenvalue weighted by Gasteiger charge is 2.48. The molecule has 12 nitrogen and oxygen atoms in total. The van der Waals surface area contributed by atoms with Crippen LogP contribution in [0.15, 0.2) is 55.1 Å². The summed E-state index contributed by atoms with van der Waals surface area (Å²) in [4.78, 5) is 23.9. The maximum Gasteiger partial charge on any atom is 0.252 e. The number of piperidine rings is 1. The Hall–Kier alpha value is -4.00. The highest BCUT2D eigenvalue weighted by molar-refractivity contribution is 5.99. The summed E-state index contributed by atoms with van der Waals surface area (Å²) in [5.74, 6) is -0.202. The van der Waals surface area contributed by atoms with Crippen LogP contribution in [-0.4, -0.2) is 77.9 Å². The van der Waals surface area contributed by atoms with Gasteiger partial charge < -0.3 is 35.5 Å². The lowest BCUT2D eigenvalue weighted by atomic mass is 10.0. The number of para-hydroxylation sites is 1. The van der Waals surface area contributed by atoms with E-state index in [9.17, 15) is 15.0 Å². The zero-order chi connectivity index (χ0) is 26.4. The van der Waals surface area contributed by atoms with Gasteiger partial charge in [0.05, 0.1) is 11.1 Å². The van der Waals surface area contributed by atoms with Crippen LogP contribution in [0.5, 0.6) is 0 Å². The van der Waals surface area contributed by atoms with Gasteiger partial charge in [-0.15, -0.1) is 0 Å². The predicted octanol–water partition coefficient (Wildman–Crippen LogP) is 0.818. The molecule has 0 bridgehead atoms. The Morgan fingerprint density at radius 2 is 1.87 bits per heavy atom. The van der Waals surface area contributed by atoms with E-state index in [4.69, 9.17) is 10.5 Å². The molecular weight excluding hydrogens is 488 g/mol. The Kier molecular flexibility index (Phi) is 6.22. The molecule has 5 N–H and O–H groups in total. The first-order valence-corrected chi connectivity index (χ1v) is 12.6. The third-order valence-electron chi connectivity index (χ3n) is 7.36. The average molecular weight is 519 g/mol. The SMILES string of the molecule is Cn1ccc(-c2cn([C@@H]3O[C@H](C(=O)NC4CCN(c5ccccc5)CC4)[C@@H](O)[C@H]3O)c3ncnc(N)c23)n1. The topological polar surface area (TPSA) is 157 Å². The summed E-state index contributed by atoms with van der Waals surface area (Å²) in [6.45, 7) is 1.61. The van der Waals surface area contributed by atoms with E-state index in [0.29, 0.717) is 22.3 Å². The smallest absolute Gasteiger partial charge is 0.252 e. The van der Waals surface area contributed by atoms with Gasteiger partial charge in [0.2, 0.25) is 0 Å². The van der Waals surface area contributed by atoms with Gasteiger partial charge in [-0.25, -0.2) is 9.97 Å². The van der Waals surface area contributed by atoms with Crippen molar-refractivity contribution in [3.05, 3.63) is 55.1 Å². The fraction of sp³-hybridized carbons (Fsp3) is 0.385. The highest BCUT2D eigenvalue weighted by atomic mass is 16.6. The molecule has 2 saturated heterocycles. The average Bonchev–Trinajstić information content (AvgIpc) is 3.61. The fourth-order valence-electron chi connectivity index (χ4n) is 5.37. The number of amides is 1. The monoisotopic (exact) mass is 518 g/mol. The molecular formula is C26H30N8O4. The molecule has 1 aromatic carbocycles. The van der Waals surface area contributed by atoms with Gasteiger partial charge in [-0.2, -0.15) is 5.10 Å². The van der Waals surface area contributed by atoms with Gasteiger partial charge in [0.1, 0.15) is 30.0 Å². The minimum atomic E-state index is -1.42. The van der Waals surface area contributed by atoms with Gasteiger partial charge in [0, 0.05) is 49.8 Å². The summed E-state index contributed by atoms with van der Waals surface area (Å²) in [5.41, 5.74) is 9.04. The first kappa shape index (κ1) is 24.3. The van der Waals surface area contributed by atoms with Crippen molar-refractivity contribution in [2.75, 3.05) is 23.7 Å². The second kappa shape index (κ2) is 9.71. The van der Waals surface area contributed by atoms with E-state index in [1.54, 1.807) is 28.7 Å². The van der Waals surface area contributed by atoms with E-state index in [1.165, 1.54) is 6.33 Å². The molecule has 4 aromatic rings. The molecule has 0 radical (unpaired) electrons. The lowest BCUT2D eigenvalue weighted by Gasteiger charge is -2.34. The summed E-state index contributed by atoms with van der Waals surface area (Å²) < 4.78 is 9.22. The van der Waals surface area contributed by atoms with E-state index in [-0.39, 0.29) is 11.9 Å². The standard InChI is InChI=1S/C26H30N8O4/c1-32-10-9-18(31-32)17-13-34(24-19(17)23(27)28-14-29-24)26-21(36)20(35)22(38-26)25(37)30-15-7-11-33(12-8-15)16-5-3-2-4-6-16/h2-6,9-10,13-15,20-22,26,35-36H,7-8,11-12H2,1H3,(H,30,37)(H2,27,28,29)/t20-,21+,22-,26+/m0/s1. The summed E-state index contributed by atoms with van der Waals surface area (Å²) in [7, 11) is 1.80. The number of hydrogen-bond donors (Lipinski definition) is 4. The van der Waals surface area contributed by atoms with E-state index in [1.807, 2.05) is 24.3 Å². The minimum absolute atomic E-state index is 0.0508. The first-order chi connectivity index (χ1) is 18.4. The van der Waals surface area contributed by atoms with Crippen LogP contribution in [0.25, 0.3) is 22.3 Å². The normalized spacial score (nSPS) is 24.2. The number of anilines is 2. The molecule has 5 heterocycles. The molecule has 6 rings (SSSR count). The maximum absolute atomic E-state index is 13.2. The molecule has 3 aromatic heterocycles. The van der Waals surface area contributed by atoms with E-state index in [0.717, 1.165) is 31.6 Å². The molecule has 0 aliphatic carbocycles. The molecule has 0 unspecified atom stereocenters. The number of ether oxygens (including phenoxy) is 1. The lowest BCUT2D eigenvalue weighted by Crippen LogP contribution is -2.50. The fourth-order valence-corrected chi connectivity index (χ4v) is 5.37. The maximum atomic E-state index is 13.2. The number of nitrogens with one attached hydrogen (secondary N) is 1. The first-order valence-electron chi connectivity index (χ1n) is 12.6. The van der Waals surface area contributed by atoms with E-state index in [2.05, 4.69) is 37.4 Å². The molecule has 2 aliphatic heterocycles. The van der Waals surface area contributed by atoms with Crippen LogP contribution < -0.4 is 16.0 Å². The summed E-state index contributed by atoms with van der Waals surface area (Å²) in [6, 6.07) is 11.9. The van der Waals surface area contributed by atoms with E-state index >= 15 is 0 Å². The van der Waals surface area contributed by atoms with Crippen molar-refractivity contribution >= 4 is 28.4 Å². The number of aryl methyl sites for hydroxylation is 1. The minimum Gasteiger partial charge on any atom is -0.387 e. The van der Waals surface area contributed by atoms with Crippen molar-refractivity contribution in [1.29, 1.82) is 0 Å². The van der Waals surface area contributed by atoms with Crippen LogP contribution in [0.1, 0.15) is 19.1 Å². The van der Waals surface area contributed by atoms with Crippen LogP contribution in [0.3, 0.4) is 0 Å². The Bertz CT molecular complexity index is 1450. The molecule has 12 heteroatoms.